The number of benzene rings is 2. The Hall–Kier alpha value is -3.72. The van der Waals surface area contributed by atoms with Crippen LogP contribution in [-0.4, -0.2) is 34.9 Å². The molecule has 1 amide bonds. The summed E-state index contributed by atoms with van der Waals surface area (Å²) >= 11 is 1.28. The van der Waals surface area contributed by atoms with Crippen LogP contribution < -0.4 is 14.8 Å². The van der Waals surface area contributed by atoms with Crippen molar-refractivity contribution in [3.8, 4) is 28.4 Å². The van der Waals surface area contributed by atoms with Crippen molar-refractivity contribution in [3.63, 3.8) is 0 Å². The van der Waals surface area contributed by atoms with Gasteiger partial charge < -0.3 is 9.47 Å². The Bertz CT molecular complexity index is 1200. The van der Waals surface area contributed by atoms with Crippen LogP contribution in [0.1, 0.15) is 10.5 Å². The van der Waals surface area contributed by atoms with Gasteiger partial charge in [0.2, 0.25) is 0 Å². The smallest absolute Gasteiger partial charge is 0.277 e. The number of thiazole rings is 1. The van der Waals surface area contributed by atoms with E-state index in [0.29, 0.717) is 28.0 Å². The Morgan fingerprint density at radius 1 is 1.13 bits per heavy atom. The van der Waals surface area contributed by atoms with E-state index in [-0.39, 0.29) is 11.5 Å². The zero-order valence-corrected chi connectivity index (χ0v) is 16.9. The molecule has 1 N–H and O–H groups in total. The molecule has 0 bridgehead atoms. The number of aromatic nitrogens is 3. The summed E-state index contributed by atoms with van der Waals surface area (Å²) in [6, 6.07) is 12.9. The highest BCUT2D eigenvalue weighted by atomic mass is 32.1. The fraction of sp³-hybridized carbons (Fsp3) is 0.0952. The lowest BCUT2D eigenvalue weighted by molar-refractivity contribution is 0.102. The van der Waals surface area contributed by atoms with Crippen molar-refractivity contribution >= 4 is 22.4 Å². The Morgan fingerprint density at radius 3 is 2.77 bits per heavy atom. The minimum absolute atomic E-state index is 0.190. The number of hydrogen-bond acceptors (Lipinski definition) is 6. The molecule has 0 radical (unpaired) electrons. The molecule has 9 heteroatoms. The molecule has 2 aromatic heterocycles. The van der Waals surface area contributed by atoms with Crippen LogP contribution in [0.3, 0.4) is 0 Å². The third-order valence-corrected chi connectivity index (χ3v) is 5.06. The summed E-state index contributed by atoms with van der Waals surface area (Å²) in [5, 5.41) is 9.18. The Balaban J connectivity index is 1.53. The number of hydrogen-bond donors (Lipinski definition) is 1. The fourth-order valence-corrected chi connectivity index (χ4v) is 3.54. The van der Waals surface area contributed by atoms with E-state index in [1.54, 1.807) is 50.7 Å². The van der Waals surface area contributed by atoms with Crippen LogP contribution in [0, 0.1) is 5.82 Å². The van der Waals surface area contributed by atoms with Gasteiger partial charge in [0.05, 0.1) is 25.6 Å². The van der Waals surface area contributed by atoms with Gasteiger partial charge in [-0.1, -0.05) is 6.07 Å². The quantitative estimate of drug-likeness (QED) is 0.496. The van der Waals surface area contributed by atoms with Gasteiger partial charge in [0.25, 0.3) is 5.91 Å². The number of halogens is 1. The van der Waals surface area contributed by atoms with Crippen LogP contribution in [-0.2, 0) is 0 Å². The van der Waals surface area contributed by atoms with Crippen LogP contribution in [0.5, 0.6) is 11.5 Å². The van der Waals surface area contributed by atoms with E-state index < -0.39 is 5.91 Å². The van der Waals surface area contributed by atoms with Gasteiger partial charge in [-0.05, 0) is 42.5 Å². The van der Waals surface area contributed by atoms with Crippen LogP contribution in [0.25, 0.3) is 16.9 Å². The van der Waals surface area contributed by atoms with Crippen molar-refractivity contribution in [3.05, 3.63) is 71.6 Å². The molecule has 2 heterocycles. The summed E-state index contributed by atoms with van der Waals surface area (Å²) in [5.41, 5.74) is 2.12. The number of amides is 1. The molecule has 152 valence electrons. The minimum Gasteiger partial charge on any atom is -0.497 e. The molecular weight excluding hydrogens is 407 g/mol. The van der Waals surface area contributed by atoms with Crippen molar-refractivity contribution in [2.75, 3.05) is 19.5 Å². The number of carbonyl (C=O) groups excluding carboxylic acids is 1. The lowest BCUT2D eigenvalue weighted by atomic mass is 10.1. The number of ether oxygens (including phenoxy) is 2. The van der Waals surface area contributed by atoms with Crippen molar-refractivity contribution in [1.82, 2.24) is 14.8 Å². The largest absolute Gasteiger partial charge is 0.497 e. The number of methoxy groups -OCH3 is 2. The first-order chi connectivity index (χ1) is 14.6. The molecule has 0 aliphatic carbocycles. The lowest BCUT2D eigenvalue weighted by Gasteiger charge is -2.08. The standard InChI is InChI=1S/C21H17FN4O3S/c1-28-15-6-7-19(29-2)16(11-15)18-12-30-21(23-18)24-20(27)17-8-9-26(25-17)14-5-3-4-13(22)10-14/h3-12H,1-2H3,(H,23,24,27). The highest BCUT2D eigenvalue weighted by Gasteiger charge is 2.15. The van der Waals surface area contributed by atoms with E-state index in [2.05, 4.69) is 15.4 Å². The predicted octanol–water partition coefficient (Wildman–Crippen LogP) is 4.40. The Kier molecular flexibility index (Phi) is 5.44. The molecule has 2 aromatic carbocycles. The van der Waals surface area contributed by atoms with E-state index >= 15 is 0 Å². The van der Waals surface area contributed by atoms with Gasteiger partial charge in [0.1, 0.15) is 17.3 Å². The summed E-state index contributed by atoms with van der Waals surface area (Å²) in [6.45, 7) is 0. The number of anilines is 1. The van der Waals surface area contributed by atoms with Crippen LogP contribution in [0.2, 0.25) is 0 Å². The molecule has 0 aliphatic heterocycles. The molecule has 0 saturated carbocycles. The van der Waals surface area contributed by atoms with Crippen molar-refractivity contribution in [2.45, 2.75) is 0 Å². The Morgan fingerprint density at radius 2 is 2.00 bits per heavy atom. The number of nitrogens with zero attached hydrogens (tertiary/aromatic N) is 3. The van der Waals surface area contributed by atoms with Crippen molar-refractivity contribution < 1.29 is 18.7 Å². The number of nitrogens with one attached hydrogen (secondary N) is 1. The molecule has 4 aromatic rings. The molecule has 7 nitrogen and oxygen atoms in total. The van der Waals surface area contributed by atoms with Gasteiger partial charge in [0, 0.05) is 17.1 Å². The average Bonchev–Trinajstić information content (AvgIpc) is 3.43. The van der Waals surface area contributed by atoms with Gasteiger partial charge in [-0.15, -0.1) is 11.3 Å². The van der Waals surface area contributed by atoms with E-state index in [1.165, 1.54) is 28.2 Å². The molecule has 30 heavy (non-hydrogen) atoms. The van der Waals surface area contributed by atoms with Crippen LogP contribution in [0.15, 0.2) is 60.1 Å². The summed E-state index contributed by atoms with van der Waals surface area (Å²) in [6.07, 6.45) is 1.60. The molecule has 0 atom stereocenters. The maximum Gasteiger partial charge on any atom is 0.277 e. The monoisotopic (exact) mass is 424 g/mol. The summed E-state index contributed by atoms with van der Waals surface area (Å²) in [7, 11) is 3.16. The minimum atomic E-state index is -0.413. The average molecular weight is 424 g/mol. The van der Waals surface area contributed by atoms with Gasteiger partial charge in [-0.25, -0.2) is 14.1 Å². The second-order valence-corrected chi connectivity index (χ2v) is 7.04. The summed E-state index contributed by atoms with van der Waals surface area (Å²) in [5.74, 6) is 0.529. The van der Waals surface area contributed by atoms with E-state index in [4.69, 9.17) is 9.47 Å². The van der Waals surface area contributed by atoms with Gasteiger partial charge in [-0.3, -0.25) is 10.1 Å². The Labute approximate surface area is 175 Å². The SMILES string of the molecule is COc1ccc(OC)c(-c2csc(NC(=O)c3ccn(-c4cccc(F)c4)n3)n2)c1. The molecule has 0 aliphatic rings. The zero-order chi connectivity index (χ0) is 21.1. The van der Waals surface area contributed by atoms with Gasteiger partial charge in [0.15, 0.2) is 10.8 Å². The van der Waals surface area contributed by atoms with Crippen molar-refractivity contribution in [1.29, 1.82) is 0 Å². The van der Waals surface area contributed by atoms with E-state index in [9.17, 15) is 9.18 Å². The maximum atomic E-state index is 13.4. The first-order valence-corrected chi connectivity index (χ1v) is 9.76. The van der Waals surface area contributed by atoms with Crippen LogP contribution >= 0.6 is 11.3 Å². The van der Waals surface area contributed by atoms with Gasteiger partial charge in [-0.2, -0.15) is 5.10 Å². The normalized spacial score (nSPS) is 10.6. The third-order valence-electron chi connectivity index (χ3n) is 4.30. The molecule has 0 saturated heterocycles. The predicted molar refractivity (Wildman–Crippen MR) is 112 cm³/mol. The third kappa shape index (κ3) is 4.01. The molecule has 0 spiro atoms. The lowest BCUT2D eigenvalue weighted by Crippen LogP contribution is -2.13. The van der Waals surface area contributed by atoms with E-state index in [1.807, 2.05) is 11.4 Å². The molecule has 4 rings (SSSR count). The second-order valence-electron chi connectivity index (χ2n) is 6.18. The van der Waals surface area contributed by atoms with Gasteiger partial charge >= 0.3 is 0 Å². The number of carbonyl (C=O) groups is 1. The first-order valence-electron chi connectivity index (χ1n) is 8.88. The summed E-state index contributed by atoms with van der Waals surface area (Å²) < 4.78 is 25.5. The fourth-order valence-electron chi connectivity index (χ4n) is 2.84. The molecular formula is C21H17FN4O3S. The summed E-state index contributed by atoms with van der Waals surface area (Å²) in [4.78, 5) is 17.0. The zero-order valence-electron chi connectivity index (χ0n) is 16.1. The first kappa shape index (κ1) is 19.6. The maximum absolute atomic E-state index is 13.4. The molecule has 0 unspecified atom stereocenters. The topological polar surface area (TPSA) is 78.3 Å². The van der Waals surface area contributed by atoms with E-state index in [0.717, 1.165) is 5.56 Å². The van der Waals surface area contributed by atoms with Crippen LogP contribution in [0.4, 0.5) is 9.52 Å². The highest BCUT2D eigenvalue weighted by Crippen LogP contribution is 2.35. The highest BCUT2D eigenvalue weighted by molar-refractivity contribution is 7.14. The number of rotatable bonds is 6. The molecule has 0 fully saturated rings. The van der Waals surface area contributed by atoms with Crippen molar-refractivity contribution in [2.24, 2.45) is 0 Å². The second kappa shape index (κ2) is 8.34.